The maximum atomic E-state index is 5.53. The molecule has 0 N–H and O–H groups in total. The van der Waals surface area contributed by atoms with Crippen molar-refractivity contribution in [1.82, 2.24) is 29.1 Å². The van der Waals surface area contributed by atoms with Crippen LogP contribution in [-0.2, 0) is 18.2 Å². The highest BCUT2D eigenvalue weighted by Gasteiger charge is 2.23. The molecule has 144 valence electrons. The molecule has 3 aromatic heterocycles. The predicted octanol–water partition coefficient (Wildman–Crippen LogP) is 2.41. The molecule has 1 aliphatic rings. The lowest BCUT2D eigenvalue weighted by Crippen LogP contribution is -2.37. The van der Waals surface area contributed by atoms with Crippen LogP contribution in [0.4, 0.5) is 5.82 Å². The van der Waals surface area contributed by atoms with Gasteiger partial charge in [0.1, 0.15) is 11.6 Å². The number of ether oxygens (including phenoxy) is 1. The van der Waals surface area contributed by atoms with Crippen LogP contribution in [0, 0.1) is 6.92 Å². The summed E-state index contributed by atoms with van der Waals surface area (Å²) < 4.78 is 9.63. The molecule has 1 fully saturated rings. The average Bonchev–Trinajstić information content (AvgIpc) is 3.25. The number of nitrogens with zero attached hydrogens (tertiary/aromatic N) is 7. The third kappa shape index (κ3) is 2.56. The Morgan fingerprint density at radius 2 is 1.82 bits per heavy atom. The molecule has 0 spiro atoms. The number of hydrogen-bond acceptors (Lipinski definition) is 6. The van der Waals surface area contributed by atoms with E-state index in [0.717, 1.165) is 59.2 Å². The van der Waals surface area contributed by atoms with Crippen molar-refractivity contribution in [2.24, 2.45) is 7.05 Å². The monoisotopic (exact) mass is 377 g/mol. The van der Waals surface area contributed by atoms with E-state index in [9.17, 15) is 0 Å². The van der Waals surface area contributed by atoms with E-state index in [1.165, 1.54) is 0 Å². The van der Waals surface area contributed by atoms with E-state index >= 15 is 0 Å². The van der Waals surface area contributed by atoms with Gasteiger partial charge in [-0.1, -0.05) is 19.1 Å². The van der Waals surface area contributed by atoms with Crippen LogP contribution < -0.4 is 4.90 Å². The molecule has 1 aromatic carbocycles. The minimum Gasteiger partial charge on any atom is -0.378 e. The lowest BCUT2D eigenvalue weighted by Gasteiger charge is -2.28. The molecule has 5 rings (SSSR count). The number of benzene rings is 1. The van der Waals surface area contributed by atoms with Gasteiger partial charge >= 0.3 is 0 Å². The number of aryl methyl sites for hydroxylation is 3. The Bertz CT molecular complexity index is 1170. The van der Waals surface area contributed by atoms with E-state index in [-0.39, 0.29) is 0 Å². The average molecular weight is 377 g/mol. The Morgan fingerprint density at radius 3 is 2.61 bits per heavy atom. The lowest BCUT2D eigenvalue weighted by atomic mass is 10.3. The van der Waals surface area contributed by atoms with Crippen LogP contribution >= 0.6 is 0 Å². The molecule has 0 aliphatic carbocycles. The summed E-state index contributed by atoms with van der Waals surface area (Å²) in [6.07, 6.45) is 0.799. The van der Waals surface area contributed by atoms with E-state index in [2.05, 4.69) is 22.5 Å². The molecule has 28 heavy (non-hydrogen) atoms. The second-order valence-corrected chi connectivity index (χ2v) is 7.04. The van der Waals surface area contributed by atoms with Gasteiger partial charge in [-0.15, -0.1) is 0 Å². The maximum absolute atomic E-state index is 5.53. The van der Waals surface area contributed by atoms with Crippen molar-refractivity contribution >= 4 is 28.0 Å². The standard InChI is InChI=1S/C20H23N7O/c1-4-16-22-14-7-5-6-8-15(14)27(16)20-23-18-17(21-13(2)25(18)3)19(24-20)26-9-11-28-12-10-26/h5-8H,4,9-12H2,1-3H3. The van der Waals surface area contributed by atoms with Crippen molar-refractivity contribution in [3.05, 3.63) is 35.9 Å². The van der Waals surface area contributed by atoms with E-state index in [1.54, 1.807) is 0 Å². The smallest absolute Gasteiger partial charge is 0.239 e. The SMILES string of the molecule is CCc1nc2ccccc2n1-c1nc(N2CCOCC2)c2nc(C)n(C)c2n1. The van der Waals surface area contributed by atoms with Gasteiger partial charge in [-0.2, -0.15) is 9.97 Å². The highest BCUT2D eigenvalue weighted by molar-refractivity contribution is 5.86. The highest BCUT2D eigenvalue weighted by Crippen LogP contribution is 2.28. The number of rotatable bonds is 3. The first-order chi connectivity index (χ1) is 13.7. The van der Waals surface area contributed by atoms with Gasteiger partial charge in [-0.05, 0) is 19.1 Å². The van der Waals surface area contributed by atoms with Crippen molar-refractivity contribution < 1.29 is 4.74 Å². The van der Waals surface area contributed by atoms with Crippen molar-refractivity contribution in [3.8, 4) is 5.95 Å². The van der Waals surface area contributed by atoms with Gasteiger partial charge in [0, 0.05) is 26.6 Å². The Morgan fingerprint density at radius 1 is 1.04 bits per heavy atom. The van der Waals surface area contributed by atoms with Gasteiger partial charge in [-0.3, -0.25) is 4.57 Å². The normalized spacial score (nSPS) is 15.0. The van der Waals surface area contributed by atoms with Crippen molar-refractivity contribution in [2.45, 2.75) is 20.3 Å². The van der Waals surface area contributed by atoms with E-state index < -0.39 is 0 Å². The number of aromatic nitrogens is 6. The zero-order chi connectivity index (χ0) is 19.3. The van der Waals surface area contributed by atoms with Crippen LogP contribution in [0.15, 0.2) is 24.3 Å². The summed E-state index contributed by atoms with van der Waals surface area (Å²) in [5.41, 5.74) is 3.65. The second-order valence-electron chi connectivity index (χ2n) is 7.04. The molecule has 0 unspecified atom stereocenters. The summed E-state index contributed by atoms with van der Waals surface area (Å²) in [4.78, 5) is 21.7. The van der Waals surface area contributed by atoms with Gasteiger partial charge in [-0.25, -0.2) is 9.97 Å². The summed E-state index contributed by atoms with van der Waals surface area (Å²) in [5, 5.41) is 0. The Balaban J connectivity index is 1.80. The summed E-state index contributed by atoms with van der Waals surface area (Å²) >= 11 is 0. The zero-order valence-electron chi connectivity index (χ0n) is 16.4. The number of fused-ring (bicyclic) bond motifs is 2. The molecule has 8 heteroatoms. The minimum atomic E-state index is 0.641. The topological polar surface area (TPSA) is 73.9 Å². The Labute approximate surface area is 162 Å². The number of morpholine rings is 1. The lowest BCUT2D eigenvalue weighted by molar-refractivity contribution is 0.122. The van der Waals surface area contributed by atoms with Gasteiger partial charge in [0.2, 0.25) is 5.95 Å². The fraction of sp³-hybridized carbons (Fsp3) is 0.400. The molecular weight excluding hydrogens is 354 g/mol. The molecule has 4 heterocycles. The van der Waals surface area contributed by atoms with Crippen LogP contribution in [0.3, 0.4) is 0 Å². The van der Waals surface area contributed by atoms with Crippen molar-refractivity contribution in [2.75, 3.05) is 31.2 Å². The first kappa shape index (κ1) is 17.1. The summed E-state index contributed by atoms with van der Waals surface area (Å²) in [6, 6.07) is 8.13. The summed E-state index contributed by atoms with van der Waals surface area (Å²) in [7, 11) is 2.00. The molecular formula is C20H23N7O. The van der Waals surface area contributed by atoms with E-state index in [1.807, 2.05) is 36.7 Å². The Hall–Kier alpha value is -3.00. The molecule has 0 radical (unpaired) electrons. The predicted molar refractivity (Wildman–Crippen MR) is 108 cm³/mol. The molecule has 1 aliphatic heterocycles. The molecule has 4 aromatic rings. The van der Waals surface area contributed by atoms with Crippen molar-refractivity contribution in [1.29, 1.82) is 0 Å². The second kappa shape index (κ2) is 6.56. The van der Waals surface area contributed by atoms with Crippen LogP contribution in [0.1, 0.15) is 18.6 Å². The molecule has 8 nitrogen and oxygen atoms in total. The first-order valence-electron chi connectivity index (χ1n) is 9.68. The maximum Gasteiger partial charge on any atom is 0.239 e. The van der Waals surface area contributed by atoms with E-state index in [4.69, 9.17) is 24.7 Å². The van der Waals surface area contributed by atoms with Gasteiger partial charge in [0.05, 0.1) is 24.2 Å². The third-order valence-electron chi connectivity index (χ3n) is 5.37. The highest BCUT2D eigenvalue weighted by atomic mass is 16.5. The third-order valence-corrected chi connectivity index (χ3v) is 5.37. The van der Waals surface area contributed by atoms with Crippen LogP contribution in [-0.4, -0.2) is 55.4 Å². The quantitative estimate of drug-likeness (QED) is 0.546. The summed E-state index contributed by atoms with van der Waals surface area (Å²) in [5.74, 6) is 3.38. The molecule has 1 saturated heterocycles. The van der Waals surface area contributed by atoms with Crippen molar-refractivity contribution in [3.63, 3.8) is 0 Å². The molecule has 0 atom stereocenters. The van der Waals surface area contributed by atoms with E-state index in [0.29, 0.717) is 19.2 Å². The molecule has 0 bridgehead atoms. The van der Waals surface area contributed by atoms with Gasteiger partial charge in [0.15, 0.2) is 17.0 Å². The number of imidazole rings is 2. The van der Waals surface area contributed by atoms with Crippen LogP contribution in [0.25, 0.3) is 28.1 Å². The number of hydrogen-bond donors (Lipinski definition) is 0. The number of anilines is 1. The van der Waals surface area contributed by atoms with Gasteiger partial charge in [0.25, 0.3) is 0 Å². The van der Waals surface area contributed by atoms with Gasteiger partial charge < -0.3 is 14.2 Å². The van der Waals surface area contributed by atoms with Crippen LogP contribution in [0.2, 0.25) is 0 Å². The fourth-order valence-corrected chi connectivity index (χ4v) is 3.78. The first-order valence-corrected chi connectivity index (χ1v) is 9.68. The largest absolute Gasteiger partial charge is 0.378 e. The fourth-order valence-electron chi connectivity index (χ4n) is 3.78. The molecule has 0 amide bonds. The zero-order valence-corrected chi connectivity index (χ0v) is 16.4. The van der Waals surface area contributed by atoms with Crippen LogP contribution in [0.5, 0.6) is 0 Å². The summed E-state index contributed by atoms with van der Waals surface area (Å²) in [6.45, 7) is 7.09. The number of para-hydroxylation sites is 2. The minimum absolute atomic E-state index is 0.641. The molecule has 0 saturated carbocycles. The Kier molecular flexibility index (Phi) is 4.01.